The van der Waals surface area contributed by atoms with Crippen LogP contribution in [0.4, 0.5) is 17.3 Å². The lowest BCUT2D eigenvalue weighted by Crippen LogP contribution is -2.42. The van der Waals surface area contributed by atoms with Gasteiger partial charge in [-0.1, -0.05) is 29.3 Å². The highest BCUT2D eigenvalue weighted by atomic mass is 35.5. The summed E-state index contributed by atoms with van der Waals surface area (Å²) in [6, 6.07) is 10.5. The number of anilines is 2. The third-order valence-electron chi connectivity index (χ3n) is 6.80. The summed E-state index contributed by atoms with van der Waals surface area (Å²) in [5.74, 6) is 1.17. The second kappa shape index (κ2) is 11.2. The van der Waals surface area contributed by atoms with Crippen LogP contribution in [0, 0.1) is 20.8 Å². The zero-order valence-corrected chi connectivity index (χ0v) is 24.6. The van der Waals surface area contributed by atoms with Crippen molar-refractivity contribution in [1.82, 2.24) is 19.1 Å². The quantitative estimate of drug-likeness (QED) is 0.304. The van der Waals surface area contributed by atoms with Gasteiger partial charge in [-0.15, -0.1) is 0 Å². The molecule has 1 aliphatic rings. The Hall–Kier alpha value is -3.47. The number of aromatic nitrogens is 4. The number of aryl methyl sites for hydroxylation is 3. The van der Waals surface area contributed by atoms with Crippen LogP contribution in [-0.2, 0) is 16.3 Å². The molecule has 0 saturated carbocycles. The first kappa shape index (κ1) is 28.1. The zero-order valence-electron chi connectivity index (χ0n) is 22.3. The van der Waals surface area contributed by atoms with Crippen LogP contribution in [0.2, 0.25) is 10.0 Å². The second-order valence-electron chi connectivity index (χ2n) is 9.94. The van der Waals surface area contributed by atoms with Gasteiger partial charge in [-0.25, -0.2) is 18.4 Å². The fourth-order valence-corrected chi connectivity index (χ4v) is 7.26. The number of nitrogens with zero attached hydrogens (tertiary/aromatic N) is 5. The SMILES string of the molecule is Cc1cncc(-n2c(=O)nc(Nc3cc(C)c(N=S4(=O)CCCC4)cc3Cl)n(Cc3cc(Cl)ccc3C)c2=O)c1. The maximum Gasteiger partial charge on any atom is 0.359 e. The maximum atomic E-state index is 13.9. The molecule has 1 N–H and O–H groups in total. The Morgan fingerprint density at radius 1 is 1.00 bits per heavy atom. The topological polar surface area (TPSA) is 111 Å². The Bertz CT molecular complexity index is 1860. The standard InChI is InChI=1S/C28H28Cl2N6O3S/c1-17-10-22(15-31-14-17)36-27(37)33-26(35(28(36)38)16-20-12-21(29)7-6-18(20)2)32-25-11-19(3)24(13-23(25)30)34-40(39)8-4-5-9-40/h6-7,10-15H,4-5,8-9,16H2,1-3H3,(H,32,33,37). The summed E-state index contributed by atoms with van der Waals surface area (Å²) in [6.07, 6.45) is 4.87. The van der Waals surface area contributed by atoms with E-state index in [1.807, 2.05) is 26.8 Å². The molecule has 3 heterocycles. The van der Waals surface area contributed by atoms with Gasteiger partial charge in [-0.3, -0.25) is 9.55 Å². The lowest BCUT2D eigenvalue weighted by atomic mass is 10.1. The minimum atomic E-state index is -2.28. The van der Waals surface area contributed by atoms with E-state index in [-0.39, 0.29) is 17.5 Å². The largest absolute Gasteiger partial charge is 0.359 e. The summed E-state index contributed by atoms with van der Waals surface area (Å²) >= 11 is 12.9. The average molecular weight is 600 g/mol. The fourth-order valence-electron chi connectivity index (χ4n) is 4.61. The number of nitrogens with one attached hydrogen (secondary N) is 1. The smallest absolute Gasteiger partial charge is 0.324 e. The van der Waals surface area contributed by atoms with Gasteiger partial charge >= 0.3 is 11.4 Å². The van der Waals surface area contributed by atoms with Crippen LogP contribution in [0.5, 0.6) is 0 Å². The van der Waals surface area contributed by atoms with Gasteiger partial charge in [0.05, 0.1) is 44.6 Å². The third kappa shape index (κ3) is 5.84. The Balaban J connectivity index is 1.63. The predicted octanol–water partition coefficient (Wildman–Crippen LogP) is 5.71. The van der Waals surface area contributed by atoms with Crippen LogP contribution < -0.4 is 16.7 Å². The van der Waals surface area contributed by atoms with Gasteiger partial charge in [0.25, 0.3) is 0 Å². The van der Waals surface area contributed by atoms with Gasteiger partial charge in [-0.05, 0) is 86.2 Å². The Labute approximate surface area is 242 Å². The second-order valence-corrected chi connectivity index (χ2v) is 13.3. The van der Waals surface area contributed by atoms with Crippen molar-refractivity contribution < 1.29 is 4.21 Å². The number of halogens is 2. The normalized spacial score (nSPS) is 14.3. The Morgan fingerprint density at radius 2 is 1.75 bits per heavy atom. The first-order valence-electron chi connectivity index (χ1n) is 12.7. The molecule has 0 aliphatic carbocycles. The van der Waals surface area contributed by atoms with Crippen molar-refractivity contribution in [3.05, 3.63) is 102 Å². The minimum Gasteiger partial charge on any atom is -0.324 e. The van der Waals surface area contributed by atoms with Crippen LogP contribution in [0.1, 0.15) is 35.1 Å². The fraction of sp³-hybridized carbons (Fsp3) is 0.286. The molecule has 5 rings (SSSR count). The van der Waals surface area contributed by atoms with Gasteiger partial charge in [-0.2, -0.15) is 9.35 Å². The van der Waals surface area contributed by atoms with Gasteiger partial charge in [0, 0.05) is 22.7 Å². The number of benzene rings is 2. The number of hydrogen-bond acceptors (Lipinski definition) is 7. The third-order valence-corrected chi connectivity index (χ3v) is 9.73. The summed E-state index contributed by atoms with van der Waals surface area (Å²) in [4.78, 5) is 35.4. The van der Waals surface area contributed by atoms with Crippen LogP contribution in [0.3, 0.4) is 0 Å². The number of hydrogen-bond donors (Lipinski definition) is 1. The zero-order chi connectivity index (χ0) is 28.6. The van der Waals surface area contributed by atoms with Crippen LogP contribution in [0.25, 0.3) is 5.69 Å². The molecule has 2 aromatic carbocycles. The van der Waals surface area contributed by atoms with Crippen molar-refractivity contribution in [2.24, 2.45) is 4.36 Å². The highest BCUT2D eigenvalue weighted by molar-refractivity contribution is 7.93. The minimum absolute atomic E-state index is 0.0129. The molecule has 0 unspecified atom stereocenters. The lowest BCUT2D eigenvalue weighted by Gasteiger charge is -2.18. The van der Waals surface area contributed by atoms with E-state index in [9.17, 15) is 13.8 Å². The molecule has 12 heteroatoms. The molecule has 1 saturated heterocycles. The van der Waals surface area contributed by atoms with Gasteiger partial charge in [0.1, 0.15) is 0 Å². The highest BCUT2D eigenvalue weighted by Crippen LogP contribution is 2.34. The van der Waals surface area contributed by atoms with Gasteiger partial charge < -0.3 is 5.32 Å². The van der Waals surface area contributed by atoms with Crippen molar-refractivity contribution in [2.45, 2.75) is 40.2 Å². The first-order valence-corrected chi connectivity index (χ1v) is 15.3. The number of pyridine rings is 1. The van der Waals surface area contributed by atoms with Gasteiger partial charge in [0.2, 0.25) is 5.95 Å². The van der Waals surface area contributed by atoms with E-state index in [0.29, 0.717) is 33.6 Å². The average Bonchev–Trinajstić information content (AvgIpc) is 3.32. The summed E-state index contributed by atoms with van der Waals surface area (Å²) in [5.41, 5.74) is 3.16. The van der Waals surface area contributed by atoms with E-state index in [4.69, 9.17) is 23.2 Å². The Kier molecular flexibility index (Phi) is 7.85. The van der Waals surface area contributed by atoms with E-state index in [1.165, 1.54) is 10.8 Å². The predicted molar refractivity (Wildman–Crippen MR) is 161 cm³/mol. The molecule has 2 aromatic heterocycles. The molecule has 1 aliphatic heterocycles. The van der Waals surface area contributed by atoms with E-state index >= 15 is 0 Å². The monoisotopic (exact) mass is 598 g/mol. The summed E-state index contributed by atoms with van der Waals surface area (Å²) in [6.45, 7) is 5.67. The molecular formula is C28H28Cl2N6O3S. The molecule has 40 heavy (non-hydrogen) atoms. The lowest BCUT2D eigenvalue weighted by molar-refractivity contribution is 0.655. The van der Waals surface area contributed by atoms with Crippen molar-refractivity contribution in [3.63, 3.8) is 0 Å². The van der Waals surface area contributed by atoms with E-state index < -0.39 is 21.1 Å². The molecule has 208 valence electrons. The van der Waals surface area contributed by atoms with E-state index in [1.54, 1.807) is 36.5 Å². The molecule has 0 bridgehead atoms. The summed E-state index contributed by atoms with van der Waals surface area (Å²) in [7, 11) is -2.28. The summed E-state index contributed by atoms with van der Waals surface area (Å²) in [5, 5.41) is 3.89. The van der Waals surface area contributed by atoms with Crippen LogP contribution in [0.15, 0.2) is 62.7 Å². The summed E-state index contributed by atoms with van der Waals surface area (Å²) < 4.78 is 19.9. The maximum absolute atomic E-state index is 13.9. The molecule has 0 spiro atoms. The molecule has 1 fully saturated rings. The van der Waals surface area contributed by atoms with Crippen LogP contribution >= 0.6 is 23.2 Å². The molecule has 4 aromatic rings. The van der Waals surface area contributed by atoms with E-state index in [2.05, 4.69) is 19.6 Å². The van der Waals surface area contributed by atoms with Crippen molar-refractivity contribution in [3.8, 4) is 5.69 Å². The number of rotatable bonds is 6. The molecule has 9 nitrogen and oxygen atoms in total. The molecule has 0 atom stereocenters. The molecule has 0 amide bonds. The van der Waals surface area contributed by atoms with E-state index in [0.717, 1.165) is 39.7 Å². The first-order chi connectivity index (χ1) is 19.0. The molecular weight excluding hydrogens is 571 g/mol. The van der Waals surface area contributed by atoms with Crippen molar-refractivity contribution in [1.29, 1.82) is 0 Å². The van der Waals surface area contributed by atoms with Gasteiger partial charge in [0.15, 0.2) is 0 Å². The van der Waals surface area contributed by atoms with Crippen LogP contribution in [-0.4, -0.2) is 34.8 Å². The van der Waals surface area contributed by atoms with Crippen molar-refractivity contribution in [2.75, 3.05) is 16.8 Å². The highest BCUT2D eigenvalue weighted by Gasteiger charge is 2.20. The van der Waals surface area contributed by atoms with Crippen molar-refractivity contribution >= 4 is 50.3 Å². The molecule has 0 radical (unpaired) electrons. The Morgan fingerprint density at radius 3 is 2.48 bits per heavy atom.